The number of aryl methyl sites for hydroxylation is 1. The summed E-state index contributed by atoms with van der Waals surface area (Å²) in [6.45, 7) is 5.34. The largest absolute Gasteiger partial charge is 0.460 e. The van der Waals surface area contributed by atoms with Crippen molar-refractivity contribution in [1.29, 1.82) is 0 Å². The van der Waals surface area contributed by atoms with Crippen LogP contribution in [0.5, 0.6) is 0 Å². The maximum Gasteiger partial charge on any atom is 0.134 e. The lowest BCUT2D eigenvalue weighted by atomic mass is 10.1. The molecule has 3 N–H and O–H groups in total. The summed E-state index contributed by atoms with van der Waals surface area (Å²) in [7, 11) is 0. The van der Waals surface area contributed by atoms with Gasteiger partial charge in [-0.1, -0.05) is 23.7 Å². The molecule has 0 fully saturated rings. The molecule has 0 unspecified atom stereocenters. The molecule has 4 nitrogen and oxygen atoms in total. The van der Waals surface area contributed by atoms with Crippen molar-refractivity contribution in [2.75, 3.05) is 26.2 Å². The first-order chi connectivity index (χ1) is 10.7. The Morgan fingerprint density at radius 1 is 1.09 bits per heavy atom. The predicted molar refractivity (Wildman–Crippen MR) is 90.2 cm³/mol. The second kappa shape index (κ2) is 8.96. The van der Waals surface area contributed by atoms with Crippen molar-refractivity contribution in [2.45, 2.75) is 19.9 Å². The number of hydrogen-bond donors (Lipinski definition) is 3. The summed E-state index contributed by atoms with van der Waals surface area (Å²) in [6, 6.07) is 9.91. The minimum atomic E-state index is 0.186. The van der Waals surface area contributed by atoms with Crippen LogP contribution in [-0.2, 0) is 6.54 Å². The maximum atomic E-state index is 8.65. The summed E-state index contributed by atoms with van der Waals surface area (Å²) in [5.74, 6) is 1.75. The van der Waals surface area contributed by atoms with Crippen molar-refractivity contribution < 1.29 is 9.52 Å². The van der Waals surface area contributed by atoms with Crippen LogP contribution in [0.15, 0.2) is 34.7 Å². The molecule has 5 heteroatoms. The molecule has 1 aromatic carbocycles. The van der Waals surface area contributed by atoms with Crippen LogP contribution in [0.1, 0.15) is 17.7 Å². The van der Waals surface area contributed by atoms with E-state index < -0.39 is 0 Å². The summed E-state index contributed by atoms with van der Waals surface area (Å²) in [4.78, 5) is 0. The first-order valence-corrected chi connectivity index (χ1v) is 7.96. The van der Waals surface area contributed by atoms with Crippen LogP contribution in [0.4, 0.5) is 0 Å². The van der Waals surface area contributed by atoms with Gasteiger partial charge in [-0.15, -0.1) is 0 Å². The number of halogens is 1. The first-order valence-electron chi connectivity index (χ1n) is 7.58. The number of furan rings is 1. The van der Waals surface area contributed by atoms with Crippen LogP contribution in [0, 0.1) is 6.92 Å². The van der Waals surface area contributed by atoms with Crippen LogP contribution >= 0.6 is 11.6 Å². The third-order valence-corrected chi connectivity index (χ3v) is 3.82. The van der Waals surface area contributed by atoms with Crippen LogP contribution in [0.25, 0.3) is 11.3 Å². The van der Waals surface area contributed by atoms with Gasteiger partial charge in [0, 0.05) is 17.1 Å². The van der Waals surface area contributed by atoms with Gasteiger partial charge < -0.3 is 20.2 Å². The van der Waals surface area contributed by atoms with Gasteiger partial charge in [0.15, 0.2) is 0 Å². The quantitative estimate of drug-likeness (QED) is 0.621. The van der Waals surface area contributed by atoms with E-state index in [4.69, 9.17) is 21.1 Å². The van der Waals surface area contributed by atoms with Crippen LogP contribution < -0.4 is 10.6 Å². The number of nitrogens with one attached hydrogen (secondary N) is 2. The highest BCUT2D eigenvalue weighted by Gasteiger charge is 2.06. The average Bonchev–Trinajstić information content (AvgIpc) is 2.98. The van der Waals surface area contributed by atoms with Crippen LogP contribution in [0.3, 0.4) is 0 Å². The smallest absolute Gasteiger partial charge is 0.134 e. The van der Waals surface area contributed by atoms with Gasteiger partial charge in [0.2, 0.25) is 0 Å². The van der Waals surface area contributed by atoms with Crippen molar-refractivity contribution in [3.05, 3.63) is 46.7 Å². The molecule has 0 bridgehead atoms. The molecule has 0 aliphatic rings. The van der Waals surface area contributed by atoms with E-state index in [0.29, 0.717) is 13.1 Å². The topological polar surface area (TPSA) is 57.4 Å². The number of aliphatic hydroxyl groups excluding tert-OH is 1. The minimum absolute atomic E-state index is 0.186. The normalized spacial score (nSPS) is 11.0. The van der Waals surface area contributed by atoms with Crippen LogP contribution in [0.2, 0.25) is 5.02 Å². The van der Waals surface area contributed by atoms with E-state index in [2.05, 4.69) is 10.6 Å². The molecule has 1 heterocycles. The van der Waals surface area contributed by atoms with Gasteiger partial charge in [-0.3, -0.25) is 0 Å². The summed E-state index contributed by atoms with van der Waals surface area (Å²) < 4.78 is 5.84. The Morgan fingerprint density at radius 3 is 2.68 bits per heavy atom. The fourth-order valence-corrected chi connectivity index (χ4v) is 2.31. The molecule has 0 amide bonds. The lowest BCUT2D eigenvalue weighted by Gasteiger charge is -2.04. The number of rotatable bonds is 9. The summed E-state index contributed by atoms with van der Waals surface area (Å²) in [5.41, 5.74) is 2.06. The molecule has 0 aliphatic carbocycles. The SMILES string of the molecule is Cc1ccc(-c2ccc(CNCCCNCCO)o2)cc1Cl. The first kappa shape index (κ1) is 17.0. The molecule has 1 aromatic heterocycles. The lowest BCUT2D eigenvalue weighted by molar-refractivity contribution is 0.292. The van der Waals surface area contributed by atoms with Crippen molar-refractivity contribution in [1.82, 2.24) is 10.6 Å². The molecule has 0 spiro atoms. The number of hydrogen-bond acceptors (Lipinski definition) is 4. The third kappa shape index (κ3) is 5.14. The molecule has 120 valence electrons. The highest BCUT2D eigenvalue weighted by Crippen LogP contribution is 2.26. The molecule has 2 rings (SSSR count). The van der Waals surface area contributed by atoms with Crippen molar-refractivity contribution >= 4 is 11.6 Å². The average molecular weight is 323 g/mol. The summed E-state index contributed by atoms with van der Waals surface area (Å²) in [6.07, 6.45) is 1.02. The van der Waals surface area contributed by atoms with Gasteiger partial charge in [-0.05, 0) is 50.2 Å². The third-order valence-electron chi connectivity index (χ3n) is 3.41. The van der Waals surface area contributed by atoms with Gasteiger partial charge in [-0.25, -0.2) is 0 Å². The van der Waals surface area contributed by atoms with Crippen LogP contribution in [-0.4, -0.2) is 31.3 Å². The van der Waals surface area contributed by atoms with Crippen molar-refractivity contribution in [3.8, 4) is 11.3 Å². The Labute approximate surface area is 136 Å². The highest BCUT2D eigenvalue weighted by atomic mass is 35.5. The van der Waals surface area contributed by atoms with Gasteiger partial charge in [-0.2, -0.15) is 0 Å². The van der Waals surface area contributed by atoms with Gasteiger partial charge in [0.1, 0.15) is 11.5 Å². The molecular weight excluding hydrogens is 300 g/mol. The zero-order valence-corrected chi connectivity index (χ0v) is 13.6. The van der Waals surface area contributed by atoms with Crippen molar-refractivity contribution in [3.63, 3.8) is 0 Å². The Bertz CT molecular complexity index is 584. The number of benzene rings is 1. The molecule has 0 atom stereocenters. The predicted octanol–water partition coefficient (Wildman–Crippen LogP) is 2.97. The summed E-state index contributed by atoms with van der Waals surface area (Å²) in [5, 5.41) is 15.9. The highest BCUT2D eigenvalue weighted by molar-refractivity contribution is 6.31. The molecule has 2 aromatic rings. The van der Waals surface area contributed by atoms with E-state index in [-0.39, 0.29) is 6.61 Å². The molecular formula is C17H23ClN2O2. The Kier molecular flexibility index (Phi) is 6.93. The van der Waals surface area contributed by atoms with Gasteiger partial charge in [0.05, 0.1) is 13.2 Å². The molecule has 0 saturated heterocycles. The van der Waals surface area contributed by atoms with E-state index >= 15 is 0 Å². The zero-order valence-electron chi connectivity index (χ0n) is 12.9. The second-order valence-corrected chi connectivity index (χ2v) is 5.64. The van der Waals surface area contributed by atoms with E-state index in [0.717, 1.165) is 47.2 Å². The van der Waals surface area contributed by atoms with E-state index in [1.54, 1.807) is 0 Å². The Hall–Kier alpha value is -1.33. The second-order valence-electron chi connectivity index (χ2n) is 5.23. The van der Waals surface area contributed by atoms with Gasteiger partial charge in [0.25, 0.3) is 0 Å². The van der Waals surface area contributed by atoms with E-state index in [9.17, 15) is 0 Å². The molecule has 0 aliphatic heterocycles. The van der Waals surface area contributed by atoms with Crippen molar-refractivity contribution in [2.24, 2.45) is 0 Å². The standard InChI is InChI=1S/C17H23ClN2O2/c1-13-3-4-14(11-16(13)18)17-6-5-15(22-17)12-20-8-2-7-19-9-10-21/h3-6,11,19-21H,2,7-10,12H2,1H3. The lowest BCUT2D eigenvalue weighted by Crippen LogP contribution is -2.23. The minimum Gasteiger partial charge on any atom is -0.460 e. The molecule has 0 saturated carbocycles. The van der Waals surface area contributed by atoms with E-state index in [1.807, 2.05) is 37.3 Å². The Balaban J connectivity index is 1.78. The Morgan fingerprint density at radius 2 is 1.91 bits per heavy atom. The summed E-state index contributed by atoms with van der Waals surface area (Å²) >= 11 is 6.15. The van der Waals surface area contributed by atoms with E-state index in [1.165, 1.54) is 0 Å². The number of aliphatic hydroxyl groups is 1. The zero-order chi connectivity index (χ0) is 15.8. The fourth-order valence-electron chi connectivity index (χ4n) is 2.13. The monoisotopic (exact) mass is 322 g/mol. The molecule has 0 radical (unpaired) electrons. The molecule has 22 heavy (non-hydrogen) atoms. The fraction of sp³-hybridized carbons (Fsp3) is 0.412. The van der Waals surface area contributed by atoms with Gasteiger partial charge >= 0.3 is 0 Å². The maximum absolute atomic E-state index is 8.65.